The van der Waals surface area contributed by atoms with Gasteiger partial charge in [0.1, 0.15) is 5.82 Å². The van der Waals surface area contributed by atoms with Crippen LogP contribution in [-0.4, -0.2) is 27.4 Å². The largest absolute Gasteiger partial charge is 0.337 e. The number of rotatable bonds is 3. The Hall–Kier alpha value is -1.33. The zero-order valence-electron chi connectivity index (χ0n) is 10.6. The molecule has 100 valence electrons. The van der Waals surface area contributed by atoms with Gasteiger partial charge in [-0.1, -0.05) is 11.6 Å². The van der Waals surface area contributed by atoms with E-state index in [1.54, 1.807) is 36.3 Å². The van der Waals surface area contributed by atoms with Crippen molar-refractivity contribution < 1.29 is 4.79 Å². The number of hydrogen-bond donors (Lipinski definition) is 0. The summed E-state index contributed by atoms with van der Waals surface area (Å²) < 4.78 is 2.60. The first-order valence-electron chi connectivity index (χ1n) is 5.65. The molecule has 0 radical (unpaired) electrons. The molecule has 0 bridgehead atoms. The molecule has 1 aromatic heterocycles. The molecule has 0 saturated carbocycles. The van der Waals surface area contributed by atoms with Crippen LogP contribution in [0.2, 0.25) is 5.02 Å². The van der Waals surface area contributed by atoms with E-state index >= 15 is 0 Å². The molecular formula is C13H13BrClN3O. The van der Waals surface area contributed by atoms with E-state index < -0.39 is 0 Å². The van der Waals surface area contributed by atoms with Gasteiger partial charge in [0, 0.05) is 36.5 Å². The van der Waals surface area contributed by atoms with Crippen LogP contribution in [0.5, 0.6) is 0 Å². The normalized spacial score (nSPS) is 10.5. The average molecular weight is 343 g/mol. The lowest BCUT2D eigenvalue weighted by Crippen LogP contribution is -2.27. The van der Waals surface area contributed by atoms with E-state index in [9.17, 15) is 4.79 Å². The standard InChI is InChI=1S/C13H13BrClN3O/c1-17-6-5-16-12(17)8-18(2)13(19)9-3-4-11(15)10(14)7-9/h3-7H,8H2,1-2H3. The zero-order chi connectivity index (χ0) is 14.0. The molecule has 19 heavy (non-hydrogen) atoms. The Kier molecular flexibility index (Phi) is 4.27. The molecule has 0 aliphatic heterocycles. The summed E-state index contributed by atoms with van der Waals surface area (Å²) in [6.45, 7) is 0.461. The van der Waals surface area contributed by atoms with E-state index in [0.29, 0.717) is 21.6 Å². The number of imidazole rings is 1. The molecule has 0 fully saturated rings. The first-order chi connectivity index (χ1) is 8.99. The van der Waals surface area contributed by atoms with Crippen molar-refractivity contribution in [2.45, 2.75) is 6.54 Å². The van der Waals surface area contributed by atoms with E-state index in [4.69, 9.17) is 11.6 Å². The molecule has 0 atom stereocenters. The van der Waals surface area contributed by atoms with E-state index in [1.165, 1.54) is 0 Å². The Labute approximate surface area is 125 Å². The second-order valence-corrected chi connectivity index (χ2v) is 5.51. The predicted molar refractivity (Wildman–Crippen MR) is 78.2 cm³/mol. The predicted octanol–water partition coefficient (Wildman–Crippen LogP) is 3.11. The highest BCUT2D eigenvalue weighted by Gasteiger charge is 2.14. The van der Waals surface area contributed by atoms with Crippen LogP contribution in [0.4, 0.5) is 0 Å². The van der Waals surface area contributed by atoms with Gasteiger partial charge in [0.2, 0.25) is 0 Å². The maximum Gasteiger partial charge on any atom is 0.254 e. The number of carbonyl (C=O) groups excluding carboxylic acids is 1. The second-order valence-electron chi connectivity index (χ2n) is 4.24. The molecule has 0 unspecified atom stereocenters. The van der Waals surface area contributed by atoms with Crippen LogP contribution < -0.4 is 0 Å². The zero-order valence-corrected chi connectivity index (χ0v) is 12.9. The van der Waals surface area contributed by atoms with Crippen LogP contribution >= 0.6 is 27.5 Å². The molecule has 6 heteroatoms. The second kappa shape index (κ2) is 5.75. The van der Waals surface area contributed by atoms with Crippen molar-refractivity contribution >= 4 is 33.4 Å². The van der Waals surface area contributed by atoms with Crippen molar-refractivity contribution in [2.75, 3.05) is 7.05 Å². The SMILES string of the molecule is CN(Cc1nccn1C)C(=O)c1ccc(Cl)c(Br)c1. The highest BCUT2D eigenvalue weighted by Crippen LogP contribution is 2.23. The van der Waals surface area contributed by atoms with Gasteiger partial charge < -0.3 is 9.47 Å². The van der Waals surface area contributed by atoms with E-state index in [-0.39, 0.29) is 5.91 Å². The molecule has 0 saturated heterocycles. The summed E-state index contributed by atoms with van der Waals surface area (Å²) in [7, 11) is 3.65. The third-order valence-corrected chi connectivity index (χ3v) is 4.03. The highest BCUT2D eigenvalue weighted by molar-refractivity contribution is 9.10. The molecule has 1 aromatic carbocycles. The van der Waals surface area contributed by atoms with Gasteiger partial charge in [-0.3, -0.25) is 4.79 Å². The van der Waals surface area contributed by atoms with Crippen LogP contribution in [0.3, 0.4) is 0 Å². The fourth-order valence-electron chi connectivity index (χ4n) is 1.68. The molecule has 4 nitrogen and oxygen atoms in total. The van der Waals surface area contributed by atoms with Gasteiger partial charge in [-0.05, 0) is 34.1 Å². The first-order valence-corrected chi connectivity index (χ1v) is 6.83. The maximum atomic E-state index is 12.3. The van der Waals surface area contributed by atoms with Crippen LogP contribution in [0.25, 0.3) is 0 Å². The molecule has 0 spiro atoms. The van der Waals surface area contributed by atoms with Crippen molar-refractivity contribution in [1.82, 2.24) is 14.5 Å². The number of benzene rings is 1. The van der Waals surface area contributed by atoms with Crippen molar-refractivity contribution in [3.05, 3.63) is 51.5 Å². The molecular weight excluding hydrogens is 330 g/mol. The number of nitrogens with zero attached hydrogens (tertiary/aromatic N) is 3. The van der Waals surface area contributed by atoms with Gasteiger partial charge in [-0.25, -0.2) is 4.98 Å². The van der Waals surface area contributed by atoms with Crippen LogP contribution in [0.15, 0.2) is 35.1 Å². The third-order valence-electron chi connectivity index (χ3n) is 2.81. The minimum Gasteiger partial charge on any atom is -0.337 e. The molecule has 0 N–H and O–H groups in total. The first kappa shape index (κ1) is 14.1. The molecule has 0 aliphatic carbocycles. The summed E-state index contributed by atoms with van der Waals surface area (Å²) in [6.07, 6.45) is 3.57. The number of halogens is 2. The Bertz CT molecular complexity index is 612. The summed E-state index contributed by atoms with van der Waals surface area (Å²) in [6, 6.07) is 5.14. The fourth-order valence-corrected chi connectivity index (χ4v) is 2.18. The van der Waals surface area contributed by atoms with Gasteiger partial charge in [0.05, 0.1) is 11.6 Å². The van der Waals surface area contributed by atoms with E-state index in [2.05, 4.69) is 20.9 Å². The lowest BCUT2D eigenvalue weighted by atomic mass is 10.2. The van der Waals surface area contributed by atoms with Gasteiger partial charge in [-0.15, -0.1) is 0 Å². The Morgan fingerprint density at radius 3 is 2.84 bits per heavy atom. The molecule has 2 aromatic rings. The summed E-state index contributed by atoms with van der Waals surface area (Å²) in [5.41, 5.74) is 0.591. The van der Waals surface area contributed by atoms with Crippen LogP contribution in [0, 0.1) is 0 Å². The lowest BCUT2D eigenvalue weighted by molar-refractivity contribution is 0.0780. The highest BCUT2D eigenvalue weighted by atomic mass is 79.9. The van der Waals surface area contributed by atoms with Crippen molar-refractivity contribution in [1.29, 1.82) is 0 Å². The van der Waals surface area contributed by atoms with Crippen molar-refractivity contribution in [2.24, 2.45) is 7.05 Å². The minimum atomic E-state index is -0.0691. The van der Waals surface area contributed by atoms with E-state index in [1.807, 2.05) is 17.8 Å². The van der Waals surface area contributed by atoms with Gasteiger partial charge in [-0.2, -0.15) is 0 Å². The number of hydrogen-bond acceptors (Lipinski definition) is 2. The molecule has 2 rings (SSSR count). The van der Waals surface area contributed by atoms with Crippen molar-refractivity contribution in [3.8, 4) is 0 Å². The van der Waals surface area contributed by atoms with Gasteiger partial charge in [0.15, 0.2) is 0 Å². The van der Waals surface area contributed by atoms with Gasteiger partial charge >= 0.3 is 0 Å². The van der Waals surface area contributed by atoms with E-state index in [0.717, 1.165) is 5.82 Å². The Morgan fingerprint density at radius 1 is 1.53 bits per heavy atom. The average Bonchev–Trinajstić information content (AvgIpc) is 2.77. The quantitative estimate of drug-likeness (QED) is 0.859. The minimum absolute atomic E-state index is 0.0691. The summed E-state index contributed by atoms with van der Waals surface area (Å²) in [4.78, 5) is 18.1. The van der Waals surface area contributed by atoms with Crippen molar-refractivity contribution in [3.63, 3.8) is 0 Å². The number of carbonyl (C=O) groups is 1. The summed E-state index contributed by atoms with van der Waals surface area (Å²) in [5.74, 6) is 0.768. The van der Waals surface area contributed by atoms with Crippen LogP contribution in [-0.2, 0) is 13.6 Å². The molecule has 0 aliphatic rings. The monoisotopic (exact) mass is 341 g/mol. The Balaban J connectivity index is 2.15. The topological polar surface area (TPSA) is 38.1 Å². The van der Waals surface area contributed by atoms with Gasteiger partial charge in [0.25, 0.3) is 5.91 Å². The van der Waals surface area contributed by atoms with Crippen LogP contribution in [0.1, 0.15) is 16.2 Å². The maximum absolute atomic E-state index is 12.3. The lowest BCUT2D eigenvalue weighted by Gasteiger charge is -2.17. The fraction of sp³-hybridized carbons (Fsp3) is 0.231. The Morgan fingerprint density at radius 2 is 2.26 bits per heavy atom. The summed E-state index contributed by atoms with van der Waals surface area (Å²) in [5, 5.41) is 0.586. The number of amides is 1. The number of aryl methyl sites for hydroxylation is 1. The molecule has 1 amide bonds. The third kappa shape index (κ3) is 3.16. The smallest absolute Gasteiger partial charge is 0.254 e. The molecule has 1 heterocycles. The number of aromatic nitrogens is 2. The summed E-state index contributed by atoms with van der Waals surface area (Å²) >= 11 is 9.23.